The minimum absolute atomic E-state index is 0.575. The van der Waals surface area contributed by atoms with Gasteiger partial charge in [0.1, 0.15) is 12.1 Å². The van der Waals surface area contributed by atoms with Crippen molar-refractivity contribution in [1.29, 1.82) is 0 Å². The number of alkyl halides is 1. The number of hydrogen-bond acceptors (Lipinski definition) is 4. The van der Waals surface area contributed by atoms with Crippen molar-refractivity contribution in [2.24, 2.45) is 0 Å². The largest absolute Gasteiger partial charge is 0.478 e. The van der Waals surface area contributed by atoms with E-state index in [4.69, 9.17) is 16.3 Å². The van der Waals surface area contributed by atoms with Crippen molar-refractivity contribution in [3.05, 3.63) is 12.4 Å². The van der Waals surface area contributed by atoms with Gasteiger partial charge >= 0.3 is 0 Å². The number of ether oxygens (including phenoxy) is 1. The van der Waals surface area contributed by atoms with Gasteiger partial charge in [0.05, 0.1) is 6.61 Å². The number of anilines is 1. The smallest absolute Gasteiger partial charge is 0.218 e. The summed E-state index contributed by atoms with van der Waals surface area (Å²) in [5, 5.41) is 0. The Morgan fingerprint density at radius 2 is 2.27 bits per heavy atom. The first kappa shape index (κ1) is 12.0. The van der Waals surface area contributed by atoms with E-state index in [2.05, 4.69) is 16.9 Å². The topological polar surface area (TPSA) is 38.2 Å². The molecule has 4 nitrogen and oxygen atoms in total. The Labute approximate surface area is 95.2 Å². The van der Waals surface area contributed by atoms with Crippen LogP contribution in [0, 0.1) is 0 Å². The van der Waals surface area contributed by atoms with Crippen LogP contribution in [0.5, 0.6) is 5.88 Å². The maximum atomic E-state index is 5.65. The molecular weight excluding hydrogens is 214 g/mol. The van der Waals surface area contributed by atoms with Gasteiger partial charge in [0.2, 0.25) is 5.88 Å². The van der Waals surface area contributed by atoms with Gasteiger partial charge in [-0.3, -0.25) is 0 Å². The lowest BCUT2D eigenvalue weighted by atomic mass is 10.5. The molecule has 84 valence electrons. The lowest BCUT2D eigenvalue weighted by Crippen LogP contribution is -2.20. The number of hydrogen-bond donors (Lipinski definition) is 0. The third-order valence-electron chi connectivity index (χ3n) is 1.89. The molecule has 0 spiro atoms. The minimum atomic E-state index is 0.575. The van der Waals surface area contributed by atoms with E-state index in [0.29, 0.717) is 18.4 Å². The highest BCUT2D eigenvalue weighted by Crippen LogP contribution is 2.14. The van der Waals surface area contributed by atoms with Crippen LogP contribution in [0.3, 0.4) is 0 Å². The third kappa shape index (κ3) is 3.91. The first-order chi connectivity index (χ1) is 7.27. The fraction of sp³-hybridized carbons (Fsp3) is 0.600. The second kappa shape index (κ2) is 6.45. The Balaban J connectivity index is 2.64. The van der Waals surface area contributed by atoms with Crippen molar-refractivity contribution in [3.63, 3.8) is 0 Å². The van der Waals surface area contributed by atoms with E-state index >= 15 is 0 Å². The molecule has 0 radical (unpaired) electrons. The Morgan fingerprint density at radius 1 is 1.47 bits per heavy atom. The van der Waals surface area contributed by atoms with Crippen LogP contribution in [0.4, 0.5) is 5.82 Å². The minimum Gasteiger partial charge on any atom is -0.478 e. The Bertz CT molecular complexity index is 296. The normalized spacial score (nSPS) is 10.1. The second-order valence-electron chi connectivity index (χ2n) is 3.17. The van der Waals surface area contributed by atoms with Gasteiger partial charge in [-0.2, -0.15) is 0 Å². The highest BCUT2D eigenvalue weighted by atomic mass is 35.5. The van der Waals surface area contributed by atoms with Crippen LogP contribution in [0.25, 0.3) is 0 Å². The van der Waals surface area contributed by atoms with E-state index < -0.39 is 0 Å². The van der Waals surface area contributed by atoms with E-state index in [1.165, 1.54) is 6.33 Å². The maximum absolute atomic E-state index is 5.65. The molecule has 0 atom stereocenters. The lowest BCUT2D eigenvalue weighted by molar-refractivity contribution is 0.304. The predicted molar refractivity (Wildman–Crippen MR) is 61.8 cm³/mol. The third-order valence-corrected chi connectivity index (χ3v) is 2.06. The number of nitrogens with zero attached hydrogens (tertiary/aromatic N) is 3. The summed E-state index contributed by atoms with van der Waals surface area (Å²) in [5.41, 5.74) is 0. The van der Waals surface area contributed by atoms with E-state index in [1.54, 1.807) is 0 Å². The van der Waals surface area contributed by atoms with Crippen molar-refractivity contribution in [1.82, 2.24) is 9.97 Å². The van der Waals surface area contributed by atoms with Crippen LogP contribution in [-0.2, 0) is 0 Å². The summed E-state index contributed by atoms with van der Waals surface area (Å²) in [5.74, 6) is 2.02. The quantitative estimate of drug-likeness (QED) is 0.699. The molecule has 0 saturated carbocycles. The molecule has 5 heteroatoms. The predicted octanol–water partition coefficient (Wildman–Crippen LogP) is 1.94. The van der Waals surface area contributed by atoms with Crippen LogP contribution in [0.15, 0.2) is 12.4 Å². The Morgan fingerprint density at radius 3 is 2.93 bits per heavy atom. The van der Waals surface area contributed by atoms with Gasteiger partial charge in [0.15, 0.2) is 0 Å². The first-order valence-corrected chi connectivity index (χ1v) is 5.53. The summed E-state index contributed by atoms with van der Waals surface area (Å²) in [6.07, 6.45) is 2.47. The summed E-state index contributed by atoms with van der Waals surface area (Å²) in [4.78, 5) is 10.1. The Kier molecular flexibility index (Phi) is 5.18. The molecule has 0 aliphatic heterocycles. The lowest BCUT2D eigenvalue weighted by Gasteiger charge is -2.16. The number of rotatable bonds is 6. The van der Waals surface area contributed by atoms with Crippen molar-refractivity contribution in [3.8, 4) is 5.88 Å². The number of aromatic nitrogens is 2. The molecule has 1 aromatic heterocycles. The SMILES string of the molecule is CCCOc1cc(N(C)CCCl)ncn1. The van der Waals surface area contributed by atoms with Gasteiger partial charge in [0, 0.05) is 25.5 Å². The molecule has 0 amide bonds. The van der Waals surface area contributed by atoms with E-state index in [-0.39, 0.29) is 0 Å². The molecule has 0 aliphatic rings. The van der Waals surface area contributed by atoms with Crippen molar-refractivity contribution in [2.75, 3.05) is 31.0 Å². The molecule has 1 rings (SSSR count). The molecule has 1 aromatic rings. The summed E-state index contributed by atoms with van der Waals surface area (Å²) >= 11 is 5.65. The molecule has 0 N–H and O–H groups in total. The van der Waals surface area contributed by atoms with Crippen molar-refractivity contribution >= 4 is 17.4 Å². The monoisotopic (exact) mass is 229 g/mol. The van der Waals surface area contributed by atoms with Gasteiger partial charge in [-0.1, -0.05) is 6.92 Å². The molecule has 0 unspecified atom stereocenters. The molecule has 0 aromatic carbocycles. The summed E-state index contributed by atoms with van der Waals surface area (Å²) in [6, 6.07) is 1.82. The van der Waals surface area contributed by atoms with Crippen molar-refractivity contribution < 1.29 is 4.74 Å². The maximum Gasteiger partial charge on any atom is 0.218 e. The van der Waals surface area contributed by atoms with E-state index in [0.717, 1.165) is 18.8 Å². The van der Waals surface area contributed by atoms with Gasteiger partial charge in [-0.15, -0.1) is 11.6 Å². The highest BCUT2D eigenvalue weighted by Gasteiger charge is 2.03. The first-order valence-electron chi connectivity index (χ1n) is 5.00. The summed E-state index contributed by atoms with van der Waals surface area (Å²) in [7, 11) is 1.94. The zero-order valence-electron chi connectivity index (χ0n) is 9.11. The average molecular weight is 230 g/mol. The van der Waals surface area contributed by atoms with Crippen LogP contribution < -0.4 is 9.64 Å². The van der Waals surface area contributed by atoms with Crippen LogP contribution >= 0.6 is 11.6 Å². The van der Waals surface area contributed by atoms with Gasteiger partial charge in [-0.25, -0.2) is 9.97 Å². The van der Waals surface area contributed by atoms with Crippen LogP contribution in [0.1, 0.15) is 13.3 Å². The Hall–Kier alpha value is -1.03. The van der Waals surface area contributed by atoms with Crippen LogP contribution in [-0.4, -0.2) is 36.0 Å². The standard InChI is InChI=1S/C10H16ClN3O/c1-3-6-15-10-7-9(12-8-13-10)14(2)5-4-11/h7-8H,3-6H2,1-2H3. The van der Waals surface area contributed by atoms with Crippen molar-refractivity contribution in [2.45, 2.75) is 13.3 Å². The molecule has 0 bridgehead atoms. The molecule has 15 heavy (non-hydrogen) atoms. The number of halogens is 1. The van der Waals surface area contributed by atoms with E-state index in [1.807, 2.05) is 18.0 Å². The molecular formula is C10H16ClN3O. The summed E-state index contributed by atoms with van der Waals surface area (Å²) in [6.45, 7) is 3.49. The zero-order chi connectivity index (χ0) is 11.1. The van der Waals surface area contributed by atoms with Gasteiger partial charge in [0.25, 0.3) is 0 Å². The molecule has 0 saturated heterocycles. The van der Waals surface area contributed by atoms with E-state index in [9.17, 15) is 0 Å². The average Bonchev–Trinajstić information content (AvgIpc) is 2.27. The zero-order valence-corrected chi connectivity index (χ0v) is 9.87. The molecule has 0 aliphatic carbocycles. The second-order valence-corrected chi connectivity index (χ2v) is 3.55. The fourth-order valence-electron chi connectivity index (χ4n) is 1.07. The molecule has 1 heterocycles. The van der Waals surface area contributed by atoms with Gasteiger partial charge < -0.3 is 9.64 Å². The molecule has 0 fully saturated rings. The summed E-state index contributed by atoms with van der Waals surface area (Å²) < 4.78 is 5.41. The fourth-order valence-corrected chi connectivity index (χ4v) is 1.32. The highest BCUT2D eigenvalue weighted by molar-refractivity contribution is 6.18. The van der Waals surface area contributed by atoms with Gasteiger partial charge in [-0.05, 0) is 6.42 Å². The van der Waals surface area contributed by atoms with Crippen LogP contribution in [0.2, 0.25) is 0 Å².